The SMILES string of the molecule is CCN(CC)S(=O)(=O)c1ccc(N(C)OC)c([N+](=O)[O-])c1. The minimum atomic E-state index is -3.74. The summed E-state index contributed by atoms with van der Waals surface area (Å²) >= 11 is 0. The topological polar surface area (TPSA) is 93.0 Å². The van der Waals surface area contributed by atoms with Gasteiger partial charge in [0.1, 0.15) is 5.69 Å². The number of rotatable bonds is 7. The van der Waals surface area contributed by atoms with E-state index in [-0.39, 0.29) is 16.3 Å². The van der Waals surface area contributed by atoms with Crippen molar-refractivity contribution in [1.29, 1.82) is 0 Å². The molecule has 0 radical (unpaired) electrons. The summed E-state index contributed by atoms with van der Waals surface area (Å²) in [7, 11) is -0.871. The molecule has 8 nitrogen and oxygen atoms in total. The van der Waals surface area contributed by atoms with Crippen LogP contribution in [0.5, 0.6) is 0 Å². The van der Waals surface area contributed by atoms with Crippen molar-refractivity contribution in [3.8, 4) is 0 Å². The van der Waals surface area contributed by atoms with Gasteiger partial charge in [0.25, 0.3) is 5.69 Å². The first kappa shape index (κ1) is 17.3. The molecule has 0 aliphatic rings. The molecule has 0 heterocycles. The highest BCUT2D eigenvalue weighted by atomic mass is 32.2. The Morgan fingerprint density at radius 2 is 1.86 bits per heavy atom. The van der Waals surface area contributed by atoms with Gasteiger partial charge in [0.15, 0.2) is 0 Å². The third-order valence-corrected chi connectivity index (χ3v) is 5.15. The van der Waals surface area contributed by atoms with Gasteiger partial charge in [-0.05, 0) is 12.1 Å². The van der Waals surface area contributed by atoms with Gasteiger partial charge < -0.3 is 0 Å². The van der Waals surface area contributed by atoms with Crippen LogP contribution in [0.25, 0.3) is 0 Å². The molecule has 0 atom stereocenters. The quantitative estimate of drug-likeness (QED) is 0.560. The number of anilines is 1. The third-order valence-electron chi connectivity index (χ3n) is 3.10. The van der Waals surface area contributed by atoms with Gasteiger partial charge in [-0.25, -0.2) is 8.42 Å². The van der Waals surface area contributed by atoms with Crippen LogP contribution in [0, 0.1) is 10.1 Å². The lowest BCUT2D eigenvalue weighted by atomic mass is 10.2. The van der Waals surface area contributed by atoms with E-state index >= 15 is 0 Å². The number of sulfonamides is 1. The van der Waals surface area contributed by atoms with Crippen molar-refractivity contribution in [2.24, 2.45) is 0 Å². The Bertz CT molecular complexity index is 613. The van der Waals surface area contributed by atoms with E-state index in [4.69, 9.17) is 4.84 Å². The number of nitro benzene ring substituents is 1. The van der Waals surface area contributed by atoms with Crippen molar-refractivity contribution < 1.29 is 18.2 Å². The van der Waals surface area contributed by atoms with Crippen LogP contribution < -0.4 is 5.06 Å². The number of nitro groups is 1. The summed E-state index contributed by atoms with van der Waals surface area (Å²) in [6, 6.07) is 3.75. The Morgan fingerprint density at radius 1 is 1.29 bits per heavy atom. The maximum Gasteiger partial charge on any atom is 0.296 e. The zero-order valence-electron chi connectivity index (χ0n) is 12.4. The monoisotopic (exact) mass is 317 g/mol. The van der Waals surface area contributed by atoms with Crippen LogP contribution in [-0.4, -0.2) is 44.9 Å². The Labute approximate surface area is 124 Å². The first-order valence-electron chi connectivity index (χ1n) is 6.36. The van der Waals surface area contributed by atoms with Gasteiger partial charge in [-0.2, -0.15) is 4.31 Å². The fourth-order valence-electron chi connectivity index (χ4n) is 1.89. The number of hydrogen-bond donors (Lipinski definition) is 0. The van der Waals surface area contributed by atoms with Crippen LogP contribution in [0.1, 0.15) is 13.8 Å². The molecule has 0 saturated heterocycles. The minimum absolute atomic E-state index is 0.105. The van der Waals surface area contributed by atoms with E-state index in [9.17, 15) is 18.5 Å². The molecule has 1 aromatic rings. The molecule has 0 bridgehead atoms. The number of benzene rings is 1. The summed E-state index contributed by atoms with van der Waals surface area (Å²) in [5.74, 6) is 0. The molecule has 9 heteroatoms. The van der Waals surface area contributed by atoms with Crippen LogP contribution >= 0.6 is 0 Å². The normalized spacial score (nSPS) is 11.7. The van der Waals surface area contributed by atoms with Crippen molar-refractivity contribution in [2.45, 2.75) is 18.7 Å². The molecule has 0 aliphatic carbocycles. The second-order valence-electron chi connectivity index (χ2n) is 4.18. The van der Waals surface area contributed by atoms with E-state index in [0.29, 0.717) is 13.1 Å². The van der Waals surface area contributed by atoms with Gasteiger partial charge in [-0.1, -0.05) is 13.8 Å². The average molecular weight is 317 g/mol. The van der Waals surface area contributed by atoms with Crippen molar-refractivity contribution in [2.75, 3.05) is 32.3 Å². The Kier molecular flexibility index (Phi) is 5.64. The van der Waals surface area contributed by atoms with Crippen molar-refractivity contribution in [3.05, 3.63) is 28.3 Å². The van der Waals surface area contributed by atoms with E-state index in [1.165, 1.54) is 35.7 Å². The molecule has 1 aromatic carbocycles. The highest BCUT2D eigenvalue weighted by Crippen LogP contribution is 2.31. The maximum atomic E-state index is 12.4. The second kappa shape index (κ2) is 6.83. The Hall–Kier alpha value is -1.71. The van der Waals surface area contributed by atoms with Crippen molar-refractivity contribution in [1.82, 2.24) is 4.31 Å². The molecular formula is C12H19N3O5S. The van der Waals surface area contributed by atoms with Crippen LogP contribution in [-0.2, 0) is 14.9 Å². The van der Waals surface area contributed by atoms with E-state index in [0.717, 1.165) is 6.07 Å². The van der Waals surface area contributed by atoms with Gasteiger partial charge in [0.05, 0.1) is 16.9 Å². The predicted octanol–water partition coefficient (Wildman–Crippen LogP) is 1.62. The van der Waals surface area contributed by atoms with Crippen LogP contribution in [0.2, 0.25) is 0 Å². The smallest absolute Gasteiger partial charge is 0.277 e. The van der Waals surface area contributed by atoms with E-state index in [2.05, 4.69) is 0 Å². The highest BCUT2D eigenvalue weighted by Gasteiger charge is 2.26. The fraction of sp³-hybridized carbons (Fsp3) is 0.500. The minimum Gasteiger partial charge on any atom is -0.277 e. The molecule has 0 amide bonds. The second-order valence-corrected chi connectivity index (χ2v) is 6.11. The lowest BCUT2D eigenvalue weighted by Crippen LogP contribution is -2.30. The first-order chi connectivity index (χ1) is 9.79. The zero-order chi connectivity index (χ0) is 16.2. The standard InChI is InChI=1S/C12H19N3O5S/c1-5-14(6-2)21(18,19)10-7-8-11(13(3)20-4)12(9-10)15(16)17/h7-9H,5-6H2,1-4H3. The van der Waals surface area contributed by atoms with Crippen molar-refractivity contribution in [3.63, 3.8) is 0 Å². The summed E-state index contributed by atoms with van der Waals surface area (Å²) < 4.78 is 26.0. The lowest BCUT2D eigenvalue weighted by molar-refractivity contribution is -0.384. The maximum absolute atomic E-state index is 12.4. The molecule has 1 rings (SSSR count). The number of hydroxylamine groups is 1. The van der Waals surface area contributed by atoms with Crippen molar-refractivity contribution >= 4 is 21.4 Å². The summed E-state index contributed by atoms with van der Waals surface area (Å²) in [5.41, 5.74) is -0.145. The molecule has 0 spiro atoms. The average Bonchev–Trinajstić information content (AvgIpc) is 2.46. The van der Waals surface area contributed by atoms with Gasteiger partial charge in [-0.15, -0.1) is 0 Å². The molecule has 0 fully saturated rings. The van der Waals surface area contributed by atoms with Gasteiger partial charge in [0.2, 0.25) is 10.0 Å². The largest absolute Gasteiger partial charge is 0.296 e. The molecule has 0 N–H and O–H groups in total. The molecular weight excluding hydrogens is 298 g/mol. The van der Waals surface area contributed by atoms with Crippen LogP contribution in [0.15, 0.2) is 23.1 Å². The lowest BCUT2D eigenvalue weighted by Gasteiger charge is -2.20. The van der Waals surface area contributed by atoms with E-state index in [1.54, 1.807) is 13.8 Å². The summed E-state index contributed by atoms with van der Waals surface area (Å²) in [4.78, 5) is 15.3. The molecule has 0 aliphatic heterocycles. The van der Waals surface area contributed by atoms with Crippen LogP contribution in [0.4, 0.5) is 11.4 Å². The van der Waals surface area contributed by atoms with Gasteiger partial charge in [-0.3, -0.25) is 20.0 Å². The summed E-state index contributed by atoms with van der Waals surface area (Å²) in [6.07, 6.45) is 0. The van der Waals surface area contributed by atoms with Crippen LogP contribution in [0.3, 0.4) is 0 Å². The predicted molar refractivity (Wildman–Crippen MR) is 78.6 cm³/mol. The van der Waals surface area contributed by atoms with Gasteiger partial charge in [0, 0.05) is 26.2 Å². The molecule has 118 valence electrons. The number of hydrogen-bond acceptors (Lipinski definition) is 6. The third kappa shape index (κ3) is 3.49. The van der Waals surface area contributed by atoms with E-state index in [1.807, 2.05) is 0 Å². The fourth-order valence-corrected chi connectivity index (χ4v) is 3.37. The van der Waals surface area contributed by atoms with Gasteiger partial charge >= 0.3 is 0 Å². The molecule has 0 saturated carbocycles. The zero-order valence-corrected chi connectivity index (χ0v) is 13.3. The van der Waals surface area contributed by atoms with E-state index < -0.39 is 14.9 Å². The highest BCUT2D eigenvalue weighted by molar-refractivity contribution is 7.89. The molecule has 0 aromatic heterocycles. The molecule has 21 heavy (non-hydrogen) atoms. The summed E-state index contributed by atoms with van der Waals surface area (Å²) in [6.45, 7) is 4.02. The first-order valence-corrected chi connectivity index (χ1v) is 7.80. The number of nitrogens with zero attached hydrogens (tertiary/aromatic N) is 3. The Morgan fingerprint density at radius 3 is 2.29 bits per heavy atom. The summed E-state index contributed by atoms with van der Waals surface area (Å²) in [5, 5.41) is 12.3. The molecule has 0 unspecified atom stereocenters. The Balaban J connectivity index is 3.42.